The van der Waals surface area contributed by atoms with Gasteiger partial charge in [0.2, 0.25) is 0 Å². The lowest BCUT2D eigenvalue weighted by atomic mass is 9.94. The smallest absolute Gasteiger partial charge is 0.279 e. The molecule has 0 radical (unpaired) electrons. The second-order valence-electron chi connectivity index (χ2n) is 4.80. The summed E-state index contributed by atoms with van der Waals surface area (Å²) in [4.78, 5) is 0. The van der Waals surface area contributed by atoms with Gasteiger partial charge in [-0.2, -0.15) is 12.7 Å². The third-order valence-corrected chi connectivity index (χ3v) is 4.39. The Morgan fingerprint density at radius 2 is 1.82 bits per heavy atom. The minimum absolute atomic E-state index is 0. The Hall–Kier alpha value is 0.120. The van der Waals surface area contributed by atoms with Crippen molar-refractivity contribution in [1.29, 1.82) is 0 Å². The summed E-state index contributed by atoms with van der Waals surface area (Å²) in [5.74, 6) is 0.879. The Labute approximate surface area is 111 Å². The van der Waals surface area contributed by atoms with Crippen LogP contribution in [0.1, 0.15) is 26.7 Å². The molecule has 3 N–H and O–H groups in total. The number of hydrogen-bond acceptors (Lipinski definition) is 3. The molecule has 0 bridgehead atoms. The molecule has 2 unspecified atom stereocenters. The molecular weight excluding hydrogens is 262 g/mol. The second-order valence-corrected chi connectivity index (χ2v) is 6.56. The van der Waals surface area contributed by atoms with Crippen molar-refractivity contribution in [2.45, 2.75) is 26.7 Å². The molecule has 2 atom stereocenters. The normalized spacial score (nSPS) is 26.5. The minimum atomic E-state index is -3.29. The van der Waals surface area contributed by atoms with E-state index >= 15 is 0 Å². The summed E-state index contributed by atoms with van der Waals surface area (Å²) in [6, 6.07) is 0. The van der Waals surface area contributed by atoms with Crippen LogP contribution in [0.15, 0.2) is 0 Å². The topological polar surface area (TPSA) is 75.4 Å². The molecule has 1 saturated heterocycles. The van der Waals surface area contributed by atoms with Gasteiger partial charge in [-0.3, -0.25) is 0 Å². The maximum atomic E-state index is 11.9. The number of nitrogens with zero attached hydrogens (tertiary/aromatic N) is 1. The van der Waals surface area contributed by atoms with Crippen molar-refractivity contribution in [3.05, 3.63) is 0 Å². The van der Waals surface area contributed by atoms with Gasteiger partial charge in [0.25, 0.3) is 10.2 Å². The van der Waals surface area contributed by atoms with E-state index in [0.29, 0.717) is 44.4 Å². The van der Waals surface area contributed by atoms with Crippen LogP contribution >= 0.6 is 12.4 Å². The van der Waals surface area contributed by atoms with Gasteiger partial charge in [-0.1, -0.05) is 13.8 Å². The van der Waals surface area contributed by atoms with E-state index in [0.717, 1.165) is 6.42 Å². The van der Waals surface area contributed by atoms with Crippen LogP contribution in [-0.4, -0.2) is 38.9 Å². The molecule has 1 aliphatic rings. The fourth-order valence-electron chi connectivity index (χ4n) is 2.20. The van der Waals surface area contributed by atoms with Crippen LogP contribution in [0.25, 0.3) is 0 Å². The molecule has 104 valence electrons. The molecule has 0 aromatic carbocycles. The number of nitrogens with one attached hydrogen (secondary N) is 1. The van der Waals surface area contributed by atoms with E-state index in [2.05, 4.69) is 18.6 Å². The van der Waals surface area contributed by atoms with Gasteiger partial charge in [-0.15, -0.1) is 12.4 Å². The van der Waals surface area contributed by atoms with Gasteiger partial charge in [0.1, 0.15) is 0 Å². The van der Waals surface area contributed by atoms with Gasteiger partial charge in [0, 0.05) is 19.6 Å². The Bertz CT molecular complexity index is 301. The standard InChI is InChI=1S/C10H23N3O2S.ClH/c1-9-6-10(2)8-13(7-9)16(14,15)12-5-3-4-11;/h9-10,12H,3-8,11H2,1-2H3;1H. The lowest BCUT2D eigenvalue weighted by Crippen LogP contribution is -2.48. The zero-order valence-corrected chi connectivity index (χ0v) is 12.2. The van der Waals surface area contributed by atoms with Gasteiger partial charge in [-0.25, -0.2) is 4.72 Å². The summed E-state index contributed by atoms with van der Waals surface area (Å²) in [5, 5.41) is 0. The fraction of sp³-hybridized carbons (Fsp3) is 1.00. The zero-order chi connectivity index (χ0) is 12.2. The molecule has 1 aliphatic heterocycles. The van der Waals surface area contributed by atoms with E-state index in [9.17, 15) is 8.42 Å². The van der Waals surface area contributed by atoms with E-state index in [1.165, 1.54) is 0 Å². The Morgan fingerprint density at radius 1 is 1.29 bits per heavy atom. The molecule has 0 spiro atoms. The van der Waals surface area contributed by atoms with Gasteiger partial charge >= 0.3 is 0 Å². The van der Waals surface area contributed by atoms with Gasteiger partial charge in [0.15, 0.2) is 0 Å². The highest BCUT2D eigenvalue weighted by Crippen LogP contribution is 2.22. The monoisotopic (exact) mass is 285 g/mol. The summed E-state index contributed by atoms with van der Waals surface area (Å²) >= 11 is 0. The molecule has 0 aromatic rings. The minimum Gasteiger partial charge on any atom is -0.330 e. The molecule has 0 aliphatic carbocycles. The zero-order valence-electron chi connectivity index (χ0n) is 10.6. The van der Waals surface area contributed by atoms with Crippen LogP contribution in [-0.2, 0) is 10.2 Å². The predicted octanol–water partition coefficient (Wildman–Crippen LogP) is 0.569. The molecule has 7 heteroatoms. The van der Waals surface area contributed by atoms with Crippen LogP contribution in [0, 0.1) is 11.8 Å². The van der Waals surface area contributed by atoms with E-state index in [4.69, 9.17) is 5.73 Å². The SMILES string of the molecule is CC1CC(C)CN(S(=O)(=O)NCCCN)C1.Cl. The van der Waals surface area contributed by atoms with Crippen LogP contribution < -0.4 is 10.5 Å². The summed E-state index contributed by atoms with van der Waals surface area (Å²) in [5.41, 5.74) is 5.33. The van der Waals surface area contributed by atoms with Crippen molar-refractivity contribution >= 4 is 22.6 Å². The number of halogens is 1. The van der Waals surface area contributed by atoms with Crippen LogP contribution in [0.4, 0.5) is 0 Å². The first-order chi connectivity index (χ1) is 7.45. The lowest BCUT2D eigenvalue weighted by Gasteiger charge is -2.33. The molecule has 1 rings (SSSR count). The maximum absolute atomic E-state index is 11.9. The highest BCUT2D eigenvalue weighted by Gasteiger charge is 2.29. The van der Waals surface area contributed by atoms with Crippen molar-refractivity contribution in [3.63, 3.8) is 0 Å². The fourth-order valence-corrected chi connectivity index (χ4v) is 3.68. The first kappa shape index (κ1) is 17.1. The van der Waals surface area contributed by atoms with Crippen molar-refractivity contribution in [1.82, 2.24) is 9.03 Å². The number of nitrogens with two attached hydrogens (primary N) is 1. The van der Waals surface area contributed by atoms with Gasteiger partial charge < -0.3 is 5.73 Å². The first-order valence-corrected chi connectivity index (χ1v) is 7.34. The predicted molar refractivity (Wildman–Crippen MR) is 72.4 cm³/mol. The number of hydrogen-bond donors (Lipinski definition) is 2. The van der Waals surface area contributed by atoms with Gasteiger partial charge in [-0.05, 0) is 31.2 Å². The van der Waals surface area contributed by atoms with Crippen molar-refractivity contribution in [2.24, 2.45) is 17.6 Å². The quantitative estimate of drug-likeness (QED) is 0.725. The largest absolute Gasteiger partial charge is 0.330 e. The maximum Gasteiger partial charge on any atom is 0.279 e. The molecular formula is C10H24ClN3O2S. The van der Waals surface area contributed by atoms with Crippen LogP contribution in [0.3, 0.4) is 0 Å². The molecule has 1 heterocycles. The first-order valence-electron chi connectivity index (χ1n) is 5.90. The third-order valence-electron chi connectivity index (χ3n) is 2.84. The summed E-state index contributed by atoms with van der Waals surface area (Å²) in [7, 11) is -3.29. The van der Waals surface area contributed by atoms with Crippen LogP contribution in [0.2, 0.25) is 0 Å². The highest BCUT2D eigenvalue weighted by molar-refractivity contribution is 7.87. The van der Waals surface area contributed by atoms with E-state index in [1.807, 2.05) is 0 Å². The Kier molecular flexibility index (Phi) is 7.58. The molecule has 0 saturated carbocycles. The molecule has 5 nitrogen and oxygen atoms in total. The highest BCUT2D eigenvalue weighted by atomic mass is 35.5. The number of piperidine rings is 1. The van der Waals surface area contributed by atoms with E-state index in [1.54, 1.807) is 4.31 Å². The summed E-state index contributed by atoms with van der Waals surface area (Å²) < 4.78 is 28.0. The van der Waals surface area contributed by atoms with E-state index in [-0.39, 0.29) is 12.4 Å². The Morgan fingerprint density at radius 3 is 2.29 bits per heavy atom. The van der Waals surface area contributed by atoms with E-state index < -0.39 is 10.2 Å². The lowest BCUT2D eigenvalue weighted by molar-refractivity contribution is 0.220. The van der Waals surface area contributed by atoms with Gasteiger partial charge in [0.05, 0.1) is 0 Å². The van der Waals surface area contributed by atoms with Crippen molar-refractivity contribution in [2.75, 3.05) is 26.2 Å². The average molecular weight is 286 g/mol. The summed E-state index contributed by atoms with van der Waals surface area (Å²) in [6.45, 7) is 6.38. The Balaban J connectivity index is 0.00000256. The molecule has 17 heavy (non-hydrogen) atoms. The third kappa shape index (κ3) is 5.52. The van der Waals surface area contributed by atoms with Crippen molar-refractivity contribution < 1.29 is 8.42 Å². The van der Waals surface area contributed by atoms with Crippen molar-refractivity contribution in [3.8, 4) is 0 Å². The molecule has 0 amide bonds. The summed E-state index contributed by atoms with van der Waals surface area (Å²) in [6.07, 6.45) is 1.78. The molecule has 1 fully saturated rings. The van der Waals surface area contributed by atoms with Crippen LogP contribution in [0.5, 0.6) is 0 Å². The number of rotatable bonds is 5. The average Bonchev–Trinajstić information content (AvgIpc) is 2.16. The molecule has 0 aromatic heterocycles. The second kappa shape index (κ2) is 7.53.